The van der Waals surface area contributed by atoms with Crippen LogP contribution in [0, 0.1) is 0 Å². The Morgan fingerprint density at radius 3 is 2.61 bits per heavy atom. The van der Waals surface area contributed by atoms with E-state index in [9.17, 15) is 0 Å². The number of aromatic nitrogens is 3. The third kappa shape index (κ3) is 3.34. The summed E-state index contributed by atoms with van der Waals surface area (Å²) in [4.78, 5) is 2.03. The maximum atomic E-state index is 5.42. The molecule has 0 aliphatic heterocycles. The van der Waals surface area contributed by atoms with Crippen molar-refractivity contribution in [3.63, 3.8) is 0 Å². The summed E-state index contributed by atoms with van der Waals surface area (Å²) in [6.45, 7) is 7.34. The number of anilines is 1. The molecule has 1 aromatic carbocycles. The molecule has 2 heterocycles. The standard InChI is InChI=1S/C18H20N4O/c1-14(2)12-22-17(15-8-5-4-6-9-15)19-20-18(22)21(3)13-16-10-7-11-23-16/h4-11H,1,12-13H2,2-3H3. The van der Waals surface area contributed by atoms with Crippen LogP contribution >= 0.6 is 0 Å². The molecule has 0 aliphatic rings. The van der Waals surface area contributed by atoms with E-state index in [-0.39, 0.29) is 0 Å². The van der Waals surface area contributed by atoms with E-state index in [1.54, 1.807) is 6.26 Å². The van der Waals surface area contributed by atoms with E-state index in [1.807, 2.05) is 61.3 Å². The van der Waals surface area contributed by atoms with Crippen LogP contribution in [0.3, 0.4) is 0 Å². The summed E-state index contributed by atoms with van der Waals surface area (Å²) in [6, 6.07) is 13.9. The lowest BCUT2D eigenvalue weighted by Crippen LogP contribution is -2.21. The monoisotopic (exact) mass is 308 g/mol. The molecule has 3 rings (SSSR count). The Morgan fingerprint density at radius 2 is 1.96 bits per heavy atom. The highest BCUT2D eigenvalue weighted by Crippen LogP contribution is 2.24. The average Bonchev–Trinajstić information content (AvgIpc) is 3.17. The molecule has 0 amide bonds. The summed E-state index contributed by atoms with van der Waals surface area (Å²) in [5.41, 5.74) is 2.09. The molecule has 0 atom stereocenters. The van der Waals surface area contributed by atoms with Gasteiger partial charge in [0.25, 0.3) is 0 Å². The minimum absolute atomic E-state index is 0.635. The molecule has 0 saturated heterocycles. The number of furan rings is 1. The summed E-state index contributed by atoms with van der Waals surface area (Å²) < 4.78 is 7.51. The van der Waals surface area contributed by atoms with Crippen molar-refractivity contribution in [3.8, 4) is 11.4 Å². The molecule has 0 bridgehead atoms. The lowest BCUT2D eigenvalue weighted by atomic mass is 10.2. The van der Waals surface area contributed by atoms with Crippen molar-refractivity contribution in [1.82, 2.24) is 14.8 Å². The highest BCUT2D eigenvalue weighted by Gasteiger charge is 2.17. The van der Waals surface area contributed by atoms with Crippen LogP contribution in [0.1, 0.15) is 12.7 Å². The van der Waals surface area contributed by atoms with Gasteiger partial charge in [-0.25, -0.2) is 0 Å². The zero-order valence-corrected chi connectivity index (χ0v) is 13.4. The second kappa shape index (κ2) is 6.52. The molecule has 0 unspecified atom stereocenters. The first-order valence-electron chi connectivity index (χ1n) is 7.51. The molecular weight excluding hydrogens is 288 g/mol. The number of nitrogens with zero attached hydrogens (tertiary/aromatic N) is 4. The minimum Gasteiger partial charge on any atom is -0.467 e. The van der Waals surface area contributed by atoms with Crippen LogP contribution in [-0.2, 0) is 13.1 Å². The number of rotatable bonds is 6. The quantitative estimate of drug-likeness (QED) is 0.651. The molecule has 0 fully saturated rings. The molecule has 2 aromatic heterocycles. The lowest BCUT2D eigenvalue weighted by Gasteiger charge is -2.19. The molecule has 0 spiro atoms. The molecule has 0 radical (unpaired) electrons. The topological polar surface area (TPSA) is 47.1 Å². The molecule has 5 heteroatoms. The third-order valence-electron chi connectivity index (χ3n) is 3.51. The van der Waals surface area contributed by atoms with E-state index in [4.69, 9.17) is 4.42 Å². The molecule has 0 aliphatic carbocycles. The highest BCUT2D eigenvalue weighted by molar-refractivity contribution is 5.57. The van der Waals surface area contributed by atoms with E-state index in [2.05, 4.69) is 21.3 Å². The largest absolute Gasteiger partial charge is 0.467 e. The Kier molecular flexibility index (Phi) is 4.28. The van der Waals surface area contributed by atoms with Crippen molar-refractivity contribution in [2.75, 3.05) is 11.9 Å². The fraction of sp³-hybridized carbons (Fsp3) is 0.222. The van der Waals surface area contributed by atoms with Crippen LogP contribution < -0.4 is 4.90 Å². The van der Waals surface area contributed by atoms with Crippen LogP contribution in [0.15, 0.2) is 65.3 Å². The van der Waals surface area contributed by atoms with Crippen LogP contribution in [0.4, 0.5) is 5.95 Å². The normalized spacial score (nSPS) is 10.7. The van der Waals surface area contributed by atoms with Crippen LogP contribution in [0.25, 0.3) is 11.4 Å². The van der Waals surface area contributed by atoms with Gasteiger partial charge in [0.05, 0.1) is 12.8 Å². The second-order valence-electron chi connectivity index (χ2n) is 5.67. The van der Waals surface area contributed by atoms with Crippen molar-refractivity contribution < 1.29 is 4.42 Å². The maximum absolute atomic E-state index is 5.42. The van der Waals surface area contributed by atoms with Gasteiger partial charge in [-0.3, -0.25) is 4.57 Å². The molecular formula is C18H20N4O. The number of allylic oxidation sites excluding steroid dienone is 1. The summed E-state index contributed by atoms with van der Waals surface area (Å²) in [5.74, 6) is 2.52. The van der Waals surface area contributed by atoms with Gasteiger partial charge in [0, 0.05) is 19.2 Å². The average molecular weight is 308 g/mol. The predicted molar refractivity (Wildman–Crippen MR) is 91.1 cm³/mol. The second-order valence-corrected chi connectivity index (χ2v) is 5.67. The summed E-state index contributed by atoms with van der Waals surface area (Å²) in [7, 11) is 1.98. The van der Waals surface area contributed by atoms with Crippen molar-refractivity contribution in [3.05, 3.63) is 66.6 Å². The van der Waals surface area contributed by atoms with Gasteiger partial charge in [0.2, 0.25) is 5.95 Å². The fourth-order valence-electron chi connectivity index (χ4n) is 2.50. The van der Waals surface area contributed by atoms with Gasteiger partial charge in [-0.15, -0.1) is 10.2 Å². The van der Waals surface area contributed by atoms with E-state index in [0.29, 0.717) is 13.1 Å². The Morgan fingerprint density at radius 1 is 1.17 bits per heavy atom. The Hall–Kier alpha value is -2.82. The van der Waals surface area contributed by atoms with Gasteiger partial charge < -0.3 is 9.32 Å². The molecule has 0 saturated carbocycles. The first kappa shape index (κ1) is 15.1. The summed E-state index contributed by atoms with van der Waals surface area (Å²) in [6.07, 6.45) is 1.68. The number of hydrogen-bond acceptors (Lipinski definition) is 4. The van der Waals surface area contributed by atoms with E-state index in [1.165, 1.54) is 0 Å². The number of benzene rings is 1. The molecule has 0 N–H and O–H groups in total. The van der Waals surface area contributed by atoms with Gasteiger partial charge >= 0.3 is 0 Å². The van der Waals surface area contributed by atoms with Gasteiger partial charge in [-0.05, 0) is 19.1 Å². The van der Waals surface area contributed by atoms with Crippen molar-refractivity contribution in [1.29, 1.82) is 0 Å². The molecule has 23 heavy (non-hydrogen) atoms. The molecule has 118 valence electrons. The van der Waals surface area contributed by atoms with Crippen molar-refractivity contribution in [2.24, 2.45) is 0 Å². The fourth-order valence-corrected chi connectivity index (χ4v) is 2.50. The van der Waals surface area contributed by atoms with Crippen LogP contribution in [0.2, 0.25) is 0 Å². The molecule has 5 nitrogen and oxygen atoms in total. The van der Waals surface area contributed by atoms with E-state index >= 15 is 0 Å². The van der Waals surface area contributed by atoms with Crippen molar-refractivity contribution in [2.45, 2.75) is 20.0 Å². The molecule has 3 aromatic rings. The van der Waals surface area contributed by atoms with Gasteiger partial charge in [0.15, 0.2) is 5.82 Å². The predicted octanol–water partition coefficient (Wildman–Crippen LogP) is 3.75. The first-order valence-corrected chi connectivity index (χ1v) is 7.51. The SMILES string of the molecule is C=C(C)Cn1c(-c2ccccc2)nnc1N(C)Cc1ccco1. The zero-order chi connectivity index (χ0) is 16.2. The Labute approximate surface area is 135 Å². The van der Waals surface area contributed by atoms with Gasteiger partial charge in [0.1, 0.15) is 5.76 Å². The number of hydrogen-bond donors (Lipinski definition) is 0. The first-order chi connectivity index (χ1) is 11.1. The Balaban J connectivity index is 1.96. The lowest BCUT2D eigenvalue weighted by molar-refractivity contribution is 0.504. The van der Waals surface area contributed by atoms with E-state index < -0.39 is 0 Å². The van der Waals surface area contributed by atoms with Gasteiger partial charge in [-0.2, -0.15) is 0 Å². The maximum Gasteiger partial charge on any atom is 0.227 e. The summed E-state index contributed by atoms with van der Waals surface area (Å²) >= 11 is 0. The van der Waals surface area contributed by atoms with Gasteiger partial charge in [-0.1, -0.05) is 42.5 Å². The van der Waals surface area contributed by atoms with Crippen LogP contribution in [0.5, 0.6) is 0 Å². The van der Waals surface area contributed by atoms with Crippen LogP contribution in [-0.4, -0.2) is 21.8 Å². The minimum atomic E-state index is 0.635. The van der Waals surface area contributed by atoms with E-state index in [0.717, 1.165) is 28.7 Å². The zero-order valence-electron chi connectivity index (χ0n) is 13.4. The third-order valence-corrected chi connectivity index (χ3v) is 3.51. The Bertz CT molecular complexity index is 775. The van der Waals surface area contributed by atoms with Crippen molar-refractivity contribution >= 4 is 5.95 Å². The summed E-state index contributed by atoms with van der Waals surface area (Å²) in [5, 5.41) is 8.77. The smallest absolute Gasteiger partial charge is 0.227 e. The highest BCUT2D eigenvalue weighted by atomic mass is 16.3.